The number of hydrogen-bond acceptors (Lipinski definition) is 3. The van der Waals surface area contributed by atoms with Gasteiger partial charge in [0.15, 0.2) is 0 Å². The van der Waals surface area contributed by atoms with Crippen LogP contribution in [0.15, 0.2) is 24.3 Å². The first-order valence-electron chi connectivity index (χ1n) is 6.89. The fourth-order valence-corrected chi connectivity index (χ4v) is 2.38. The zero-order chi connectivity index (χ0) is 12.4. The summed E-state index contributed by atoms with van der Waals surface area (Å²) in [6.45, 7) is 0.764. The number of ether oxygens (including phenoxy) is 2. The minimum Gasteiger partial charge on any atom is -0.490 e. The van der Waals surface area contributed by atoms with Crippen LogP contribution < -0.4 is 4.74 Å². The second kappa shape index (κ2) is 5.29. The topological polar surface area (TPSA) is 38.7 Å². The molecule has 18 heavy (non-hydrogen) atoms. The molecule has 2 aliphatic rings. The van der Waals surface area contributed by atoms with Crippen molar-refractivity contribution >= 4 is 0 Å². The van der Waals surface area contributed by atoms with Gasteiger partial charge < -0.3 is 14.6 Å². The first-order chi connectivity index (χ1) is 8.83. The van der Waals surface area contributed by atoms with Crippen LogP contribution in [0.5, 0.6) is 5.75 Å². The fourth-order valence-electron chi connectivity index (χ4n) is 2.38. The van der Waals surface area contributed by atoms with Gasteiger partial charge in [0, 0.05) is 6.61 Å². The summed E-state index contributed by atoms with van der Waals surface area (Å²) in [6.07, 6.45) is 5.28. The Hall–Kier alpha value is -1.06. The van der Waals surface area contributed by atoms with Crippen molar-refractivity contribution in [2.45, 2.75) is 50.4 Å². The van der Waals surface area contributed by atoms with Crippen molar-refractivity contribution in [3.8, 4) is 5.75 Å². The highest BCUT2D eigenvalue weighted by atomic mass is 16.5. The van der Waals surface area contributed by atoms with E-state index >= 15 is 0 Å². The lowest BCUT2D eigenvalue weighted by molar-refractivity contribution is -0.0633. The largest absolute Gasteiger partial charge is 0.490 e. The van der Waals surface area contributed by atoms with Gasteiger partial charge in [0.25, 0.3) is 0 Å². The quantitative estimate of drug-likeness (QED) is 0.890. The van der Waals surface area contributed by atoms with Crippen LogP contribution in [-0.2, 0) is 4.74 Å². The third-order valence-corrected chi connectivity index (χ3v) is 3.59. The molecule has 1 heterocycles. The Kier molecular flexibility index (Phi) is 3.52. The minimum absolute atomic E-state index is 0.0603. The second-order valence-corrected chi connectivity index (χ2v) is 5.24. The molecule has 2 fully saturated rings. The third kappa shape index (κ3) is 2.85. The highest BCUT2D eigenvalue weighted by Crippen LogP contribution is 2.31. The monoisotopic (exact) mass is 248 g/mol. The summed E-state index contributed by atoms with van der Waals surface area (Å²) < 4.78 is 11.4. The first-order valence-corrected chi connectivity index (χ1v) is 6.89. The van der Waals surface area contributed by atoms with Crippen LogP contribution in [0.3, 0.4) is 0 Å². The molecule has 1 saturated heterocycles. The van der Waals surface area contributed by atoms with Gasteiger partial charge in [-0.1, -0.05) is 12.1 Å². The molecule has 1 aromatic carbocycles. The van der Waals surface area contributed by atoms with Crippen LogP contribution >= 0.6 is 0 Å². The second-order valence-electron chi connectivity index (χ2n) is 5.24. The van der Waals surface area contributed by atoms with Crippen LogP contribution in [0.2, 0.25) is 0 Å². The van der Waals surface area contributed by atoms with Gasteiger partial charge in [0.05, 0.1) is 12.2 Å². The lowest BCUT2D eigenvalue weighted by Gasteiger charge is -2.27. The Balaban J connectivity index is 1.69. The van der Waals surface area contributed by atoms with E-state index in [1.165, 1.54) is 0 Å². The average molecular weight is 248 g/mol. The summed E-state index contributed by atoms with van der Waals surface area (Å²) >= 11 is 0. The normalized spacial score (nSPS) is 25.7. The zero-order valence-corrected chi connectivity index (χ0v) is 10.5. The van der Waals surface area contributed by atoms with Gasteiger partial charge in [0.1, 0.15) is 11.9 Å². The van der Waals surface area contributed by atoms with Crippen molar-refractivity contribution in [2.24, 2.45) is 0 Å². The molecule has 3 rings (SSSR count). The molecule has 3 nitrogen and oxygen atoms in total. The minimum atomic E-state index is -0.534. The Labute approximate surface area is 108 Å². The van der Waals surface area contributed by atoms with Gasteiger partial charge in [-0.3, -0.25) is 0 Å². The molecule has 0 bridgehead atoms. The smallest absolute Gasteiger partial charge is 0.120 e. The Bertz CT molecular complexity index is 394. The van der Waals surface area contributed by atoms with Crippen molar-refractivity contribution in [2.75, 3.05) is 6.61 Å². The molecule has 2 unspecified atom stereocenters. The maximum Gasteiger partial charge on any atom is 0.120 e. The van der Waals surface area contributed by atoms with Crippen LogP contribution in [0.25, 0.3) is 0 Å². The van der Waals surface area contributed by atoms with Gasteiger partial charge in [-0.25, -0.2) is 0 Å². The molecule has 2 atom stereocenters. The molecule has 1 aliphatic carbocycles. The van der Waals surface area contributed by atoms with Crippen LogP contribution in [-0.4, -0.2) is 23.9 Å². The van der Waals surface area contributed by atoms with E-state index in [1.54, 1.807) is 0 Å². The molecule has 3 heteroatoms. The lowest BCUT2D eigenvalue weighted by Crippen LogP contribution is -2.26. The molecule has 1 aliphatic heterocycles. The molecule has 1 saturated carbocycles. The summed E-state index contributed by atoms with van der Waals surface area (Å²) in [7, 11) is 0. The van der Waals surface area contributed by atoms with E-state index in [9.17, 15) is 5.11 Å². The maximum atomic E-state index is 10.3. The molecular weight excluding hydrogens is 228 g/mol. The maximum absolute atomic E-state index is 10.3. The Morgan fingerprint density at radius 3 is 2.83 bits per heavy atom. The lowest BCUT2D eigenvalue weighted by atomic mass is 9.98. The Morgan fingerprint density at radius 2 is 2.11 bits per heavy atom. The van der Waals surface area contributed by atoms with Crippen molar-refractivity contribution in [3.05, 3.63) is 29.8 Å². The van der Waals surface area contributed by atoms with E-state index in [1.807, 2.05) is 24.3 Å². The van der Waals surface area contributed by atoms with Gasteiger partial charge in [-0.05, 0) is 49.8 Å². The van der Waals surface area contributed by atoms with Gasteiger partial charge >= 0.3 is 0 Å². The Morgan fingerprint density at radius 1 is 1.22 bits per heavy atom. The summed E-state index contributed by atoms with van der Waals surface area (Å²) in [5.41, 5.74) is 0.903. The summed E-state index contributed by atoms with van der Waals surface area (Å²) in [5.74, 6) is 0.866. The summed E-state index contributed by atoms with van der Waals surface area (Å²) in [5, 5.41) is 10.3. The van der Waals surface area contributed by atoms with E-state index in [2.05, 4.69) is 0 Å². The number of rotatable bonds is 4. The molecule has 0 amide bonds. The van der Waals surface area contributed by atoms with E-state index in [4.69, 9.17) is 9.47 Å². The molecule has 1 N–H and O–H groups in total. The van der Waals surface area contributed by atoms with E-state index < -0.39 is 6.10 Å². The molecule has 98 valence electrons. The van der Waals surface area contributed by atoms with E-state index in [-0.39, 0.29) is 6.10 Å². The van der Waals surface area contributed by atoms with Crippen molar-refractivity contribution in [1.29, 1.82) is 0 Å². The predicted molar refractivity (Wildman–Crippen MR) is 68.6 cm³/mol. The molecule has 0 spiro atoms. The molecule has 0 aromatic heterocycles. The summed E-state index contributed by atoms with van der Waals surface area (Å²) in [4.78, 5) is 0. The van der Waals surface area contributed by atoms with Gasteiger partial charge in [-0.2, -0.15) is 0 Å². The number of aliphatic hydroxyl groups is 1. The predicted octanol–water partition coefficient (Wildman–Crippen LogP) is 2.83. The van der Waals surface area contributed by atoms with Gasteiger partial charge in [-0.15, -0.1) is 0 Å². The van der Waals surface area contributed by atoms with Crippen molar-refractivity contribution in [3.63, 3.8) is 0 Å². The van der Waals surface area contributed by atoms with Crippen molar-refractivity contribution < 1.29 is 14.6 Å². The fraction of sp³-hybridized carbons (Fsp3) is 0.600. The average Bonchev–Trinajstić information content (AvgIpc) is 3.23. The zero-order valence-electron chi connectivity index (χ0n) is 10.5. The van der Waals surface area contributed by atoms with Crippen molar-refractivity contribution in [1.82, 2.24) is 0 Å². The summed E-state index contributed by atoms with van der Waals surface area (Å²) in [6, 6.07) is 7.79. The molecular formula is C15H20O3. The van der Waals surface area contributed by atoms with Crippen LogP contribution in [0.1, 0.15) is 43.8 Å². The van der Waals surface area contributed by atoms with Crippen LogP contribution in [0.4, 0.5) is 0 Å². The number of benzene rings is 1. The standard InChI is InChI=1S/C15H20O3/c16-15(14-6-1-2-9-17-14)11-4-3-5-13(10-11)18-12-7-8-12/h3-5,10,12,14-16H,1-2,6-9H2. The number of aliphatic hydroxyl groups excluding tert-OH is 1. The molecule has 1 aromatic rings. The van der Waals surface area contributed by atoms with Crippen LogP contribution in [0, 0.1) is 0 Å². The van der Waals surface area contributed by atoms with E-state index in [0.717, 1.165) is 50.0 Å². The molecule has 0 radical (unpaired) electrons. The highest BCUT2D eigenvalue weighted by Gasteiger charge is 2.26. The SMILES string of the molecule is OC(c1cccc(OC2CC2)c1)C1CCCCO1. The third-order valence-electron chi connectivity index (χ3n) is 3.59. The van der Waals surface area contributed by atoms with Gasteiger partial charge in [0.2, 0.25) is 0 Å². The highest BCUT2D eigenvalue weighted by molar-refractivity contribution is 5.31. The number of hydrogen-bond donors (Lipinski definition) is 1. The first kappa shape index (κ1) is 12.0. The van der Waals surface area contributed by atoms with E-state index in [0.29, 0.717) is 6.10 Å².